The molecule has 130 valence electrons. The highest BCUT2D eigenvalue weighted by Gasteiger charge is 2.59. The van der Waals surface area contributed by atoms with Gasteiger partial charge in [-0.05, 0) is 44.1 Å². The lowest BCUT2D eigenvalue weighted by molar-refractivity contribution is -0.151. The molecule has 3 rings (SSSR count). The van der Waals surface area contributed by atoms with Crippen LogP contribution in [0.25, 0.3) is 0 Å². The molecule has 1 aromatic carbocycles. The van der Waals surface area contributed by atoms with E-state index < -0.39 is 5.41 Å². The van der Waals surface area contributed by atoms with Crippen LogP contribution in [0.5, 0.6) is 0 Å². The van der Waals surface area contributed by atoms with Gasteiger partial charge in [-0.3, -0.25) is 9.59 Å². The summed E-state index contributed by atoms with van der Waals surface area (Å²) in [5.41, 5.74) is 0.329. The van der Waals surface area contributed by atoms with Gasteiger partial charge in [0.05, 0.1) is 0 Å². The fraction of sp³-hybridized carbons (Fsp3) is 0.600. The number of piperidine rings is 1. The van der Waals surface area contributed by atoms with E-state index in [1.807, 2.05) is 42.3 Å². The standard InChI is InChI=1S/C20H28N2O2/c1-3-17-11-7-8-14-22(17)19(24)20(12-13-20)18(23)21(2)15-16-9-5-4-6-10-16/h4-6,9-10,17H,3,7-8,11-15H2,1-2H3. The molecule has 0 N–H and O–H groups in total. The second-order valence-corrected chi connectivity index (χ2v) is 7.29. The van der Waals surface area contributed by atoms with Crippen molar-refractivity contribution in [3.8, 4) is 0 Å². The Morgan fingerprint density at radius 1 is 1.21 bits per heavy atom. The Bertz CT molecular complexity index is 595. The second-order valence-electron chi connectivity index (χ2n) is 7.29. The van der Waals surface area contributed by atoms with Crippen molar-refractivity contribution in [1.29, 1.82) is 0 Å². The van der Waals surface area contributed by atoms with Gasteiger partial charge in [0, 0.05) is 26.2 Å². The van der Waals surface area contributed by atoms with Gasteiger partial charge in [0.1, 0.15) is 5.41 Å². The van der Waals surface area contributed by atoms with Gasteiger partial charge in [-0.1, -0.05) is 37.3 Å². The van der Waals surface area contributed by atoms with Crippen LogP contribution in [-0.4, -0.2) is 41.2 Å². The molecule has 0 aromatic heterocycles. The summed E-state index contributed by atoms with van der Waals surface area (Å²) in [6, 6.07) is 10.3. The molecule has 1 aliphatic heterocycles. The molecule has 0 spiro atoms. The molecule has 2 amide bonds. The van der Waals surface area contributed by atoms with Gasteiger partial charge in [-0.25, -0.2) is 0 Å². The summed E-state index contributed by atoms with van der Waals surface area (Å²) in [5, 5.41) is 0. The smallest absolute Gasteiger partial charge is 0.238 e. The summed E-state index contributed by atoms with van der Waals surface area (Å²) in [4.78, 5) is 29.8. The molecule has 4 heteroatoms. The molecule has 1 atom stereocenters. The van der Waals surface area contributed by atoms with Gasteiger partial charge in [-0.15, -0.1) is 0 Å². The van der Waals surface area contributed by atoms with E-state index in [0.29, 0.717) is 25.4 Å². The van der Waals surface area contributed by atoms with E-state index in [0.717, 1.165) is 31.4 Å². The minimum Gasteiger partial charge on any atom is -0.340 e. The lowest BCUT2D eigenvalue weighted by Gasteiger charge is -2.38. The Balaban J connectivity index is 1.70. The minimum atomic E-state index is -0.770. The topological polar surface area (TPSA) is 40.6 Å². The highest BCUT2D eigenvalue weighted by Crippen LogP contribution is 2.49. The molecule has 1 heterocycles. The third-order valence-electron chi connectivity index (χ3n) is 5.54. The summed E-state index contributed by atoms with van der Waals surface area (Å²) in [7, 11) is 1.82. The monoisotopic (exact) mass is 328 g/mol. The average molecular weight is 328 g/mol. The summed E-state index contributed by atoms with van der Waals surface area (Å²) in [6.07, 6.45) is 5.72. The Morgan fingerprint density at radius 2 is 1.92 bits per heavy atom. The first-order chi connectivity index (χ1) is 11.6. The van der Waals surface area contributed by atoms with Crippen LogP contribution in [0.15, 0.2) is 30.3 Å². The van der Waals surface area contributed by atoms with E-state index in [1.165, 1.54) is 6.42 Å². The van der Waals surface area contributed by atoms with Gasteiger partial charge in [0.25, 0.3) is 0 Å². The molecule has 1 unspecified atom stereocenters. The first-order valence-corrected chi connectivity index (χ1v) is 9.19. The van der Waals surface area contributed by atoms with Crippen LogP contribution in [0.4, 0.5) is 0 Å². The average Bonchev–Trinajstić information content (AvgIpc) is 3.43. The summed E-state index contributed by atoms with van der Waals surface area (Å²) in [6.45, 7) is 3.51. The maximum atomic E-state index is 13.1. The van der Waals surface area contributed by atoms with Crippen molar-refractivity contribution in [2.75, 3.05) is 13.6 Å². The zero-order chi connectivity index (χ0) is 17.2. The first kappa shape index (κ1) is 17.0. The molecule has 4 nitrogen and oxygen atoms in total. The summed E-state index contributed by atoms with van der Waals surface area (Å²) >= 11 is 0. The normalized spacial score (nSPS) is 22.1. The van der Waals surface area contributed by atoms with Crippen molar-refractivity contribution < 1.29 is 9.59 Å². The van der Waals surface area contributed by atoms with Gasteiger partial charge in [-0.2, -0.15) is 0 Å². The predicted octanol–water partition coefficient (Wildman–Crippen LogP) is 3.22. The van der Waals surface area contributed by atoms with Crippen molar-refractivity contribution in [2.45, 2.75) is 58.0 Å². The Labute approximate surface area is 144 Å². The number of amides is 2. The van der Waals surface area contributed by atoms with Crippen molar-refractivity contribution in [3.05, 3.63) is 35.9 Å². The molecule has 0 bridgehead atoms. The number of rotatable bonds is 5. The maximum Gasteiger partial charge on any atom is 0.238 e. The zero-order valence-corrected chi connectivity index (χ0v) is 14.8. The Hall–Kier alpha value is -1.84. The summed E-state index contributed by atoms with van der Waals surface area (Å²) < 4.78 is 0. The van der Waals surface area contributed by atoms with Gasteiger partial charge < -0.3 is 9.80 Å². The fourth-order valence-electron chi connectivity index (χ4n) is 3.91. The van der Waals surface area contributed by atoms with Crippen LogP contribution in [-0.2, 0) is 16.1 Å². The van der Waals surface area contributed by atoms with Gasteiger partial charge in [0.15, 0.2) is 0 Å². The highest BCUT2D eigenvalue weighted by atomic mass is 16.2. The number of carbonyl (C=O) groups is 2. The molecule has 24 heavy (non-hydrogen) atoms. The number of hydrogen-bond acceptors (Lipinski definition) is 2. The van der Waals surface area contributed by atoms with Crippen LogP contribution in [0.3, 0.4) is 0 Å². The first-order valence-electron chi connectivity index (χ1n) is 9.19. The van der Waals surface area contributed by atoms with Gasteiger partial charge in [0.2, 0.25) is 11.8 Å². The van der Waals surface area contributed by atoms with Crippen molar-refractivity contribution in [2.24, 2.45) is 5.41 Å². The maximum absolute atomic E-state index is 13.1. The molecular weight excluding hydrogens is 300 g/mol. The molecule has 1 saturated heterocycles. The summed E-state index contributed by atoms with van der Waals surface area (Å²) in [5.74, 6) is 0.0794. The van der Waals surface area contributed by atoms with E-state index in [2.05, 4.69) is 6.92 Å². The van der Waals surface area contributed by atoms with E-state index in [9.17, 15) is 9.59 Å². The van der Waals surface area contributed by atoms with Crippen molar-refractivity contribution in [3.63, 3.8) is 0 Å². The second kappa shape index (κ2) is 6.96. The number of carbonyl (C=O) groups excluding carboxylic acids is 2. The number of likely N-dealkylation sites (tertiary alicyclic amines) is 1. The molecular formula is C20H28N2O2. The van der Waals surface area contributed by atoms with Crippen LogP contribution in [0, 0.1) is 5.41 Å². The van der Waals surface area contributed by atoms with E-state index in [1.54, 1.807) is 4.90 Å². The molecule has 2 fully saturated rings. The molecule has 0 radical (unpaired) electrons. The predicted molar refractivity (Wildman–Crippen MR) is 94.2 cm³/mol. The van der Waals surface area contributed by atoms with Gasteiger partial charge >= 0.3 is 0 Å². The lowest BCUT2D eigenvalue weighted by Crippen LogP contribution is -2.51. The van der Waals surface area contributed by atoms with Crippen LogP contribution < -0.4 is 0 Å². The highest BCUT2D eigenvalue weighted by molar-refractivity contribution is 6.07. The molecule has 2 aliphatic rings. The van der Waals surface area contributed by atoms with E-state index >= 15 is 0 Å². The molecule has 1 saturated carbocycles. The minimum absolute atomic E-state index is 0.00298. The third-order valence-corrected chi connectivity index (χ3v) is 5.54. The largest absolute Gasteiger partial charge is 0.340 e. The van der Waals surface area contributed by atoms with Crippen LogP contribution in [0.2, 0.25) is 0 Å². The number of benzene rings is 1. The zero-order valence-electron chi connectivity index (χ0n) is 14.8. The van der Waals surface area contributed by atoms with Crippen LogP contribution in [0.1, 0.15) is 51.0 Å². The van der Waals surface area contributed by atoms with Crippen molar-refractivity contribution in [1.82, 2.24) is 9.80 Å². The van der Waals surface area contributed by atoms with E-state index in [4.69, 9.17) is 0 Å². The number of hydrogen-bond donors (Lipinski definition) is 0. The van der Waals surface area contributed by atoms with Crippen molar-refractivity contribution >= 4 is 11.8 Å². The quantitative estimate of drug-likeness (QED) is 0.779. The lowest BCUT2D eigenvalue weighted by atomic mass is 9.95. The SMILES string of the molecule is CCC1CCCCN1C(=O)C1(C(=O)N(C)Cc2ccccc2)CC1. The third kappa shape index (κ3) is 3.19. The van der Waals surface area contributed by atoms with E-state index in [-0.39, 0.29) is 11.8 Å². The fourth-order valence-corrected chi connectivity index (χ4v) is 3.91. The Kier molecular flexibility index (Phi) is 4.93. The molecule has 1 aliphatic carbocycles. The van der Waals surface area contributed by atoms with Crippen LogP contribution >= 0.6 is 0 Å². The number of nitrogens with zero attached hydrogens (tertiary/aromatic N) is 2. The Morgan fingerprint density at radius 3 is 2.54 bits per heavy atom. The molecule has 1 aromatic rings.